The summed E-state index contributed by atoms with van der Waals surface area (Å²) in [5, 5.41) is 12.3. The number of hydrogen-bond acceptors (Lipinski definition) is 6. The van der Waals surface area contributed by atoms with Crippen LogP contribution in [0.3, 0.4) is 0 Å². The Morgan fingerprint density at radius 3 is 2.79 bits per heavy atom. The normalized spacial score (nSPS) is 14.7. The molecule has 0 radical (unpaired) electrons. The van der Waals surface area contributed by atoms with Crippen molar-refractivity contribution >= 4 is 33.7 Å². The third kappa shape index (κ3) is 3.25. The predicted molar refractivity (Wildman–Crippen MR) is 113 cm³/mol. The summed E-state index contributed by atoms with van der Waals surface area (Å²) in [5.41, 5.74) is 3.59. The summed E-state index contributed by atoms with van der Waals surface area (Å²) in [6, 6.07) is 7.37. The Balaban J connectivity index is 1.55. The number of anilines is 3. The number of nitrogens with one attached hydrogen (secondary N) is 2. The van der Waals surface area contributed by atoms with Gasteiger partial charge in [0.2, 0.25) is 0 Å². The summed E-state index contributed by atoms with van der Waals surface area (Å²) in [5.74, 6) is 0.760. The zero-order valence-corrected chi connectivity index (χ0v) is 16.4. The molecule has 0 amide bonds. The number of halogens is 1. The Bertz CT molecular complexity index is 1210. The molecule has 0 saturated carbocycles. The monoisotopic (exact) mass is 391 g/mol. The first-order valence-corrected chi connectivity index (χ1v) is 9.73. The largest absolute Gasteiger partial charge is 0.369 e. The van der Waals surface area contributed by atoms with E-state index in [0.29, 0.717) is 17.0 Å². The van der Waals surface area contributed by atoms with Crippen LogP contribution in [0.15, 0.2) is 36.7 Å². The molecular formula is C21H22FN7. The van der Waals surface area contributed by atoms with E-state index in [1.807, 2.05) is 38.2 Å². The highest BCUT2D eigenvalue weighted by atomic mass is 19.1. The molecule has 148 valence electrons. The lowest BCUT2D eigenvalue weighted by molar-refractivity contribution is 0.586. The fraction of sp³-hybridized carbons (Fsp3) is 0.286. The standard InChI is InChI=1S/C21H22FN7/c1-13-9-18(27-29-12-14(2)25-21(13)29)26-20-19-15(3-4-24-20)10-16(11-17(19)22)28-7-5-23-6-8-28/h3-4,9-12,23H,5-8H2,1-2H3,(H,24,26,27). The van der Waals surface area contributed by atoms with E-state index in [9.17, 15) is 0 Å². The first-order chi connectivity index (χ1) is 14.1. The average Bonchev–Trinajstić information content (AvgIpc) is 3.09. The van der Waals surface area contributed by atoms with Crippen LogP contribution in [0.2, 0.25) is 0 Å². The number of piperazine rings is 1. The van der Waals surface area contributed by atoms with Gasteiger partial charge >= 0.3 is 0 Å². The molecule has 3 aromatic heterocycles. The van der Waals surface area contributed by atoms with Gasteiger partial charge in [-0.1, -0.05) is 0 Å². The Morgan fingerprint density at radius 2 is 1.97 bits per heavy atom. The fourth-order valence-corrected chi connectivity index (χ4v) is 3.88. The summed E-state index contributed by atoms with van der Waals surface area (Å²) < 4.78 is 16.9. The van der Waals surface area contributed by atoms with Crippen LogP contribution in [-0.4, -0.2) is 45.8 Å². The second-order valence-corrected chi connectivity index (χ2v) is 7.41. The van der Waals surface area contributed by atoms with Gasteiger partial charge in [0.25, 0.3) is 0 Å². The summed E-state index contributed by atoms with van der Waals surface area (Å²) in [7, 11) is 0. The van der Waals surface area contributed by atoms with Gasteiger partial charge in [0, 0.05) is 38.1 Å². The quantitative estimate of drug-likeness (QED) is 0.559. The Hall–Kier alpha value is -3.26. The molecule has 0 bridgehead atoms. The SMILES string of the molecule is Cc1cn2nc(Nc3nccc4cc(N5CCNCC5)cc(F)c34)cc(C)c2n1. The molecule has 1 aliphatic rings. The topological polar surface area (TPSA) is 70.4 Å². The number of aryl methyl sites for hydroxylation is 2. The minimum atomic E-state index is -0.289. The summed E-state index contributed by atoms with van der Waals surface area (Å²) >= 11 is 0. The lowest BCUT2D eigenvalue weighted by Crippen LogP contribution is -2.43. The molecule has 1 aromatic carbocycles. The molecule has 8 heteroatoms. The minimum Gasteiger partial charge on any atom is -0.369 e. The highest BCUT2D eigenvalue weighted by Crippen LogP contribution is 2.31. The Morgan fingerprint density at radius 1 is 1.14 bits per heavy atom. The van der Waals surface area contributed by atoms with E-state index in [2.05, 4.69) is 30.6 Å². The van der Waals surface area contributed by atoms with Crippen LogP contribution in [0.4, 0.5) is 21.7 Å². The molecule has 0 atom stereocenters. The molecule has 2 N–H and O–H groups in total. The van der Waals surface area contributed by atoms with Crippen molar-refractivity contribution in [3.05, 3.63) is 53.7 Å². The molecule has 4 aromatic rings. The number of pyridine rings is 1. The van der Waals surface area contributed by atoms with Crippen LogP contribution in [0.1, 0.15) is 11.3 Å². The number of hydrogen-bond donors (Lipinski definition) is 2. The summed E-state index contributed by atoms with van der Waals surface area (Å²) in [6.07, 6.45) is 3.56. The highest BCUT2D eigenvalue weighted by molar-refractivity contribution is 5.95. The third-order valence-corrected chi connectivity index (χ3v) is 5.26. The minimum absolute atomic E-state index is 0.289. The maximum Gasteiger partial charge on any atom is 0.156 e. The van der Waals surface area contributed by atoms with Crippen molar-refractivity contribution in [3.63, 3.8) is 0 Å². The molecule has 7 nitrogen and oxygen atoms in total. The molecule has 0 spiro atoms. The van der Waals surface area contributed by atoms with E-state index >= 15 is 4.39 Å². The predicted octanol–water partition coefficient (Wildman–Crippen LogP) is 3.19. The Kier molecular flexibility index (Phi) is 4.28. The molecule has 4 heterocycles. The number of aromatic nitrogens is 4. The van der Waals surface area contributed by atoms with E-state index in [1.54, 1.807) is 16.8 Å². The zero-order chi connectivity index (χ0) is 20.0. The first-order valence-electron chi connectivity index (χ1n) is 9.73. The molecule has 0 unspecified atom stereocenters. The van der Waals surface area contributed by atoms with Gasteiger partial charge < -0.3 is 15.5 Å². The van der Waals surface area contributed by atoms with Gasteiger partial charge in [0.05, 0.1) is 17.3 Å². The van der Waals surface area contributed by atoms with Gasteiger partial charge in [-0.25, -0.2) is 18.9 Å². The van der Waals surface area contributed by atoms with Crippen LogP contribution < -0.4 is 15.5 Å². The number of benzene rings is 1. The van der Waals surface area contributed by atoms with Crippen molar-refractivity contribution < 1.29 is 4.39 Å². The third-order valence-electron chi connectivity index (χ3n) is 5.26. The molecular weight excluding hydrogens is 369 g/mol. The average molecular weight is 391 g/mol. The maximum absolute atomic E-state index is 15.1. The van der Waals surface area contributed by atoms with Crippen molar-refractivity contribution in [1.29, 1.82) is 0 Å². The van der Waals surface area contributed by atoms with Gasteiger partial charge in [0.1, 0.15) is 11.6 Å². The van der Waals surface area contributed by atoms with Crippen molar-refractivity contribution in [1.82, 2.24) is 24.9 Å². The van der Waals surface area contributed by atoms with Crippen LogP contribution in [-0.2, 0) is 0 Å². The highest BCUT2D eigenvalue weighted by Gasteiger charge is 2.16. The second kappa shape index (κ2) is 6.97. The van der Waals surface area contributed by atoms with Crippen LogP contribution in [0, 0.1) is 19.7 Å². The van der Waals surface area contributed by atoms with Crippen molar-refractivity contribution in [2.45, 2.75) is 13.8 Å². The van der Waals surface area contributed by atoms with Gasteiger partial charge in [-0.05, 0) is 49.1 Å². The number of imidazole rings is 1. The summed E-state index contributed by atoms with van der Waals surface area (Å²) in [6.45, 7) is 7.46. The van der Waals surface area contributed by atoms with Gasteiger partial charge in [-0.15, -0.1) is 5.10 Å². The number of fused-ring (bicyclic) bond motifs is 2. The second-order valence-electron chi connectivity index (χ2n) is 7.41. The summed E-state index contributed by atoms with van der Waals surface area (Å²) in [4.78, 5) is 11.0. The molecule has 0 aliphatic carbocycles. The number of nitrogens with zero attached hydrogens (tertiary/aromatic N) is 5. The van der Waals surface area contributed by atoms with Gasteiger partial charge in [-0.3, -0.25) is 0 Å². The molecule has 5 rings (SSSR count). The van der Waals surface area contributed by atoms with E-state index < -0.39 is 0 Å². The molecule has 1 saturated heterocycles. The first kappa shape index (κ1) is 17.8. The van der Waals surface area contributed by atoms with Crippen LogP contribution in [0.25, 0.3) is 16.4 Å². The van der Waals surface area contributed by atoms with Gasteiger partial charge in [0.15, 0.2) is 11.5 Å². The van der Waals surface area contributed by atoms with Crippen molar-refractivity contribution in [3.8, 4) is 0 Å². The lowest BCUT2D eigenvalue weighted by atomic mass is 10.1. The fourth-order valence-electron chi connectivity index (χ4n) is 3.88. The van der Waals surface area contributed by atoms with E-state index in [4.69, 9.17) is 0 Å². The smallest absolute Gasteiger partial charge is 0.156 e. The molecule has 1 aliphatic heterocycles. The molecule has 1 fully saturated rings. The van der Waals surface area contributed by atoms with E-state index in [1.165, 1.54) is 0 Å². The van der Waals surface area contributed by atoms with E-state index in [0.717, 1.165) is 54.2 Å². The zero-order valence-electron chi connectivity index (χ0n) is 16.4. The Labute approximate surface area is 167 Å². The lowest BCUT2D eigenvalue weighted by Gasteiger charge is -2.29. The maximum atomic E-state index is 15.1. The number of rotatable bonds is 3. The van der Waals surface area contributed by atoms with Crippen LogP contribution in [0.5, 0.6) is 0 Å². The van der Waals surface area contributed by atoms with Crippen LogP contribution >= 0.6 is 0 Å². The molecule has 29 heavy (non-hydrogen) atoms. The van der Waals surface area contributed by atoms with Crippen molar-refractivity contribution in [2.24, 2.45) is 0 Å². The van der Waals surface area contributed by atoms with Crippen molar-refractivity contribution in [2.75, 3.05) is 36.4 Å². The van der Waals surface area contributed by atoms with Gasteiger partial charge in [-0.2, -0.15) is 0 Å². The van der Waals surface area contributed by atoms with E-state index in [-0.39, 0.29) is 5.82 Å².